The zero-order valence-electron chi connectivity index (χ0n) is 15.1. The lowest BCUT2D eigenvalue weighted by Crippen LogP contribution is -2.25. The van der Waals surface area contributed by atoms with E-state index in [1.807, 2.05) is 56.3 Å². The number of hydrogen-bond donors (Lipinski definition) is 1. The molecule has 0 saturated carbocycles. The minimum atomic E-state index is -0.198. The van der Waals surface area contributed by atoms with Gasteiger partial charge in [-0.3, -0.25) is 9.78 Å². The molecule has 3 aromatic rings. The molecule has 2 aromatic carbocycles. The molecule has 0 spiro atoms. The zero-order chi connectivity index (χ0) is 18.5. The van der Waals surface area contributed by atoms with Crippen LogP contribution >= 0.6 is 0 Å². The minimum Gasteiger partial charge on any atom is -0.496 e. The Morgan fingerprint density at radius 3 is 2.73 bits per heavy atom. The molecule has 0 aliphatic carbocycles. The van der Waals surface area contributed by atoms with Crippen molar-refractivity contribution in [1.82, 2.24) is 15.3 Å². The monoisotopic (exact) mass is 347 g/mol. The van der Waals surface area contributed by atoms with E-state index in [4.69, 9.17) is 4.74 Å². The van der Waals surface area contributed by atoms with E-state index >= 15 is 0 Å². The molecule has 0 radical (unpaired) electrons. The topological polar surface area (TPSA) is 64.1 Å². The molecule has 0 aliphatic heterocycles. The molecular weight excluding hydrogens is 326 g/mol. The summed E-state index contributed by atoms with van der Waals surface area (Å²) in [5.74, 6) is 0.559. The number of benzene rings is 2. The standard InChI is InChI=1S/C21H21N3O2/c1-14-8-10-20(26-3)17(12-14)15(2)23-21(25)11-9-16-13-22-18-6-4-5-7-19(18)24-16/h4-13,15H,1-3H3,(H,23,25). The molecule has 0 saturated heterocycles. The number of nitrogens with zero attached hydrogens (tertiary/aromatic N) is 2. The first-order valence-corrected chi connectivity index (χ1v) is 8.41. The molecule has 1 heterocycles. The molecule has 0 fully saturated rings. The molecule has 1 N–H and O–H groups in total. The average molecular weight is 347 g/mol. The minimum absolute atomic E-state index is 0.176. The molecule has 26 heavy (non-hydrogen) atoms. The fourth-order valence-electron chi connectivity index (χ4n) is 2.74. The number of amides is 1. The molecule has 1 unspecified atom stereocenters. The Hall–Kier alpha value is -3.21. The van der Waals surface area contributed by atoms with Crippen LogP contribution in [0.4, 0.5) is 0 Å². The summed E-state index contributed by atoms with van der Waals surface area (Å²) >= 11 is 0. The number of nitrogens with one attached hydrogen (secondary N) is 1. The quantitative estimate of drug-likeness (QED) is 0.712. The van der Waals surface area contributed by atoms with E-state index in [0.717, 1.165) is 27.9 Å². The van der Waals surface area contributed by atoms with E-state index in [0.29, 0.717) is 5.69 Å². The summed E-state index contributed by atoms with van der Waals surface area (Å²) in [6.07, 6.45) is 4.78. The molecule has 1 aromatic heterocycles. The molecule has 5 nitrogen and oxygen atoms in total. The molecule has 132 valence electrons. The lowest BCUT2D eigenvalue weighted by molar-refractivity contribution is -0.117. The van der Waals surface area contributed by atoms with Gasteiger partial charge >= 0.3 is 0 Å². The maximum absolute atomic E-state index is 12.3. The molecule has 1 amide bonds. The van der Waals surface area contributed by atoms with E-state index in [1.54, 1.807) is 19.4 Å². The van der Waals surface area contributed by atoms with Crippen LogP contribution in [0.15, 0.2) is 54.7 Å². The first kappa shape index (κ1) is 17.6. The van der Waals surface area contributed by atoms with Gasteiger partial charge in [0.05, 0.1) is 36.1 Å². The Bertz CT molecular complexity index is 966. The van der Waals surface area contributed by atoms with E-state index in [1.165, 1.54) is 6.08 Å². The fraction of sp³-hybridized carbons (Fsp3) is 0.190. The zero-order valence-corrected chi connectivity index (χ0v) is 15.1. The Kier molecular flexibility index (Phi) is 5.27. The van der Waals surface area contributed by atoms with Gasteiger partial charge in [-0.2, -0.15) is 0 Å². The maximum Gasteiger partial charge on any atom is 0.244 e. The van der Waals surface area contributed by atoms with Gasteiger partial charge in [-0.25, -0.2) is 4.98 Å². The summed E-state index contributed by atoms with van der Waals surface area (Å²) in [6, 6.07) is 13.4. The van der Waals surface area contributed by atoms with Crippen molar-refractivity contribution in [2.24, 2.45) is 0 Å². The van der Waals surface area contributed by atoms with Crippen molar-refractivity contribution < 1.29 is 9.53 Å². The first-order valence-electron chi connectivity index (χ1n) is 8.41. The van der Waals surface area contributed by atoms with E-state index in [-0.39, 0.29) is 11.9 Å². The van der Waals surface area contributed by atoms with Gasteiger partial charge in [0.25, 0.3) is 0 Å². The lowest BCUT2D eigenvalue weighted by atomic mass is 10.0. The van der Waals surface area contributed by atoms with Crippen molar-refractivity contribution in [2.75, 3.05) is 7.11 Å². The van der Waals surface area contributed by atoms with Crippen LogP contribution in [0.2, 0.25) is 0 Å². The van der Waals surface area contributed by atoms with Crippen LogP contribution in [0.3, 0.4) is 0 Å². The highest BCUT2D eigenvalue weighted by Crippen LogP contribution is 2.26. The van der Waals surface area contributed by atoms with Gasteiger partial charge in [0.15, 0.2) is 0 Å². The van der Waals surface area contributed by atoms with E-state index in [9.17, 15) is 4.79 Å². The van der Waals surface area contributed by atoms with Gasteiger partial charge in [-0.05, 0) is 38.1 Å². The summed E-state index contributed by atoms with van der Waals surface area (Å²) in [6.45, 7) is 3.94. The van der Waals surface area contributed by atoms with Crippen LogP contribution in [-0.4, -0.2) is 23.0 Å². The van der Waals surface area contributed by atoms with Crippen LogP contribution in [0.5, 0.6) is 5.75 Å². The highest BCUT2D eigenvalue weighted by Gasteiger charge is 2.13. The molecule has 0 bridgehead atoms. The largest absolute Gasteiger partial charge is 0.496 e. The normalized spacial score (nSPS) is 12.3. The Morgan fingerprint density at radius 2 is 1.96 bits per heavy atom. The molecular formula is C21H21N3O2. The molecule has 0 aliphatic rings. The first-order chi connectivity index (χ1) is 12.6. The number of rotatable bonds is 5. The number of ether oxygens (including phenoxy) is 1. The average Bonchev–Trinajstić information content (AvgIpc) is 2.66. The van der Waals surface area contributed by atoms with Crippen LogP contribution < -0.4 is 10.1 Å². The van der Waals surface area contributed by atoms with Gasteiger partial charge in [0, 0.05) is 11.6 Å². The highest BCUT2D eigenvalue weighted by atomic mass is 16.5. The Balaban J connectivity index is 1.71. The number of fused-ring (bicyclic) bond motifs is 1. The van der Waals surface area contributed by atoms with E-state index < -0.39 is 0 Å². The number of hydrogen-bond acceptors (Lipinski definition) is 4. The van der Waals surface area contributed by atoms with Crippen LogP contribution in [-0.2, 0) is 4.79 Å². The van der Waals surface area contributed by atoms with Crippen molar-refractivity contribution in [1.29, 1.82) is 0 Å². The fourth-order valence-corrected chi connectivity index (χ4v) is 2.74. The van der Waals surface area contributed by atoms with Gasteiger partial charge in [-0.1, -0.05) is 29.8 Å². The molecule has 3 rings (SSSR count). The Morgan fingerprint density at radius 1 is 1.19 bits per heavy atom. The molecule has 5 heteroatoms. The summed E-state index contributed by atoms with van der Waals surface area (Å²) in [7, 11) is 1.63. The number of methoxy groups -OCH3 is 1. The van der Waals surface area contributed by atoms with Crippen LogP contribution in [0.1, 0.15) is 29.8 Å². The van der Waals surface area contributed by atoms with Crippen molar-refractivity contribution in [3.63, 3.8) is 0 Å². The van der Waals surface area contributed by atoms with Crippen molar-refractivity contribution in [2.45, 2.75) is 19.9 Å². The molecule has 1 atom stereocenters. The maximum atomic E-state index is 12.3. The van der Waals surface area contributed by atoms with Gasteiger partial charge in [0.2, 0.25) is 5.91 Å². The van der Waals surface area contributed by atoms with Gasteiger partial charge in [0.1, 0.15) is 5.75 Å². The number of aromatic nitrogens is 2. The number of carbonyl (C=O) groups is 1. The number of aryl methyl sites for hydroxylation is 1. The SMILES string of the molecule is COc1ccc(C)cc1C(C)NC(=O)C=Cc1cnc2ccccc2n1. The second-order valence-electron chi connectivity index (χ2n) is 6.09. The van der Waals surface area contributed by atoms with Crippen LogP contribution in [0.25, 0.3) is 17.1 Å². The van der Waals surface area contributed by atoms with Gasteiger partial charge in [-0.15, -0.1) is 0 Å². The smallest absolute Gasteiger partial charge is 0.244 e. The van der Waals surface area contributed by atoms with Crippen molar-refractivity contribution >= 4 is 23.0 Å². The number of para-hydroxylation sites is 2. The Labute approximate surface area is 152 Å². The predicted octanol–water partition coefficient (Wildman–Crippen LogP) is 3.84. The van der Waals surface area contributed by atoms with Crippen LogP contribution in [0, 0.1) is 6.92 Å². The van der Waals surface area contributed by atoms with Crippen molar-refractivity contribution in [3.8, 4) is 5.75 Å². The summed E-state index contributed by atoms with van der Waals surface area (Å²) in [4.78, 5) is 21.1. The summed E-state index contributed by atoms with van der Waals surface area (Å²) in [5.41, 5.74) is 4.32. The second-order valence-corrected chi connectivity index (χ2v) is 6.09. The van der Waals surface area contributed by atoms with Crippen molar-refractivity contribution in [3.05, 3.63) is 71.6 Å². The third-order valence-electron chi connectivity index (χ3n) is 4.08. The predicted molar refractivity (Wildman–Crippen MR) is 103 cm³/mol. The summed E-state index contributed by atoms with van der Waals surface area (Å²) < 4.78 is 5.39. The van der Waals surface area contributed by atoms with Gasteiger partial charge < -0.3 is 10.1 Å². The highest BCUT2D eigenvalue weighted by molar-refractivity contribution is 5.92. The third-order valence-corrected chi connectivity index (χ3v) is 4.08. The summed E-state index contributed by atoms with van der Waals surface area (Å²) in [5, 5.41) is 2.95. The third kappa shape index (κ3) is 4.06. The second kappa shape index (κ2) is 7.78. The lowest BCUT2D eigenvalue weighted by Gasteiger charge is -2.17. The van der Waals surface area contributed by atoms with E-state index in [2.05, 4.69) is 15.3 Å². The number of carbonyl (C=O) groups excluding carboxylic acids is 1.